The molecule has 1 aliphatic heterocycles. The third-order valence-electron chi connectivity index (χ3n) is 5.64. The van der Waals surface area contributed by atoms with Crippen LogP contribution >= 0.6 is 0 Å². The van der Waals surface area contributed by atoms with Crippen molar-refractivity contribution < 1.29 is 9.53 Å². The summed E-state index contributed by atoms with van der Waals surface area (Å²) in [6, 6.07) is 19.4. The molecule has 4 rings (SSSR count). The van der Waals surface area contributed by atoms with E-state index in [1.807, 2.05) is 48.5 Å². The molecule has 1 aliphatic rings. The number of rotatable bonds is 7. The zero-order valence-electron chi connectivity index (χ0n) is 18.7. The molecule has 3 N–H and O–H groups in total. The van der Waals surface area contributed by atoms with E-state index < -0.39 is 11.7 Å². The van der Waals surface area contributed by atoms with Crippen molar-refractivity contribution in [1.82, 2.24) is 9.88 Å². The number of anilines is 3. The smallest absolute Gasteiger partial charge is 0.402 e. The second kappa shape index (κ2) is 10.7. The maximum absolute atomic E-state index is 12.6. The van der Waals surface area contributed by atoms with Crippen molar-refractivity contribution in [2.24, 2.45) is 0 Å². The highest BCUT2D eigenvalue weighted by atomic mass is 16.6. The van der Waals surface area contributed by atoms with Gasteiger partial charge in [0.15, 0.2) is 0 Å². The van der Waals surface area contributed by atoms with Gasteiger partial charge in [-0.2, -0.15) is 0 Å². The Morgan fingerprint density at radius 3 is 2.61 bits per heavy atom. The largest absolute Gasteiger partial charge is 0.417 e. The summed E-state index contributed by atoms with van der Waals surface area (Å²) in [6.07, 6.45) is 1.59. The fourth-order valence-electron chi connectivity index (χ4n) is 3.77. The van der Waals surface area contributed by atoms with Gasteiger partial charge in [0, 0.05) is 50.3 Å². The Labute approximate surface area is 193 Å². The Kier molecular flexibility index (Phi) is 7.26. The van der Waals surface area contributed by atoms with Gasteiger partial charge in [-0.15, -0.1) is 0 Å². The summed E-state index contributed by atoms with van der Waals surface area (Å²) in [5, 5.41) is 5.93. The van der Waals surface area contributed by atoms with Crippen LogP contribution in [-0.4, -0.2) is 55.7 Å². The van der Waals surface area contributed by atoms with E-state index in [1.54, 1.807) is 12.1 Å². The SMILES string of the molecule is CN1CCN(c2cccc(NC(=O)Oc3c(NCCc4ccccc4)cc[nH]c3=O)c2)CC1. The molecule has 1 aromatic heterocycles. The first-order valence-electron chi connectivity index (χ1n) is 11.1. The molecular weight excluding hydrogens is 418 g/mol. The maximum Gasteiger partial charge on any atom is 0.417 e. The van der Waals surface area contributed by atoms with Crippen LogP contribution in [0.5, 0.6) is 5.75 Å². The molecule has 0 atom stereocenters. The third kappa shape index (κ3) is 6.14. The number of carbonyl (C=O) groups is 1. The Morgan fingerprint density at radius 2 is 1.82 bits per heavy atom. The van der Waals surface area contributed by atoms with E-state index in [2.05, 4.69) is 32.5 Å². The standard InChI is InChI=1S/C25H29N5O3/c1-29-14-16-30(17-15-29)21-9-5-8-20(18-21)28-25(32)33-23-22(11-13-27-24(23)31)26-12-10-19-6-3-2-4-7-19/h2-9,11,13,18H,10,12,14-17H2,1H3,(H,28,32)(H2,26,27,31). The second-order valence-electron chi connectivity index (χ2n) is 8.07. The van der Waals surface area contributed by atoms with Gasteiger partial charge in [0.25, 0.3) is 5.56 Å². The summed E-state index contributed by atoms with van der Waals surface area (Å²) >= 11 is 0. The van der Waals surface area contributed by atoms with Crippen LogP contribution < -0.4 is 25.8 Å². The van der Waals surface area contributed by atoms with Crippen molar-refractivity contribution in [1.29, 1.82) is 0 Å². The van der Waals surface area contributed by atoms with Crippen molar-refractivity contribution in [3.8, 4) is 5.75 Å². The van der Waals surface area contributed by atoms with Crippen LogP contribution in [0.25, 0.3) is 0 Å². The number of ether oxygens (including phenoxy) is 1. The molecule has 3 aromatic rings. The lowest BCUT2D eigenvalue weighted by Crippen LogP contribution is -2.44. The quantitative estimate of drug-likeness (QED) is 0.515. The van der Waals surface area contributed by atoms with Crippen LogP contribution in [-0.2, 0) is 6.42 Å². The number of likely N-dealkylation sites (N-methyl/N-ethyl adjacent to an activating group) is 1. The number of H-pyrrole nitrogens is 1. The number of nitrogens with one attached hydrogen (secondary N) is 3. The highest BCUT2D eigenvalue weighted by Gasteiger charge is 2.16. The molecule has 2 aromatic carbocycles. The van der Waals surface area contributed by atoms with Gasteiger partial charge in [-0.05, 0) is 43.3 Å². The van der Waals surface area contributed by atoms with Gasteiger partial charge in [0.1, 0.15) is 0 Å². The Bertz CT molecular complexity index is 1120. The van der Waals surface area contributed by atoms with Crippen molar-refractivity contribution in [2.75, 3.05) is 55.3 Å². The number of aromatic amines is 1. The summed E-state index contributed by atoms with van der Waals surface area (Å²) in [7, 11) is 2.11. The number of aromatic nitrogens is 1. The number of amides is 1. The van der Waals surface area contributed by atoms with Crippen molar-refractivity contribution >= 4 is 23.2 Å². The van der Waals surface area contributed by atoms with E-state index in [9.17, 15) is 9.59 Å². The maximum atomic E-state index is 12.6. The molecule has 1 fully saturated rings. The molecule has 0 spiro atoms. The minimum Gasteiger partial charge on any atom is -0.402 e. The average molecular weight is 448 g/mol. The molecule has 1 amide bonds. The first-order valence-corrected chi connectivity index (χ1v) is 11.1. The molecule has 8 nitrogen and oxygen atoms in total. The van der Waals surface area contributed by atoms with E-state index in [0.717, 1.165) is 38.3 Å². The second-order valence-corrected chi connectivity index (χ2v) is 8.07. The van der Waals surface area contributed by atoms with Crippen molar-refractivity contribution in [2.45, 2.75) is 6.42 Å². The van der Waals surface area contributed by atoms with Gasteiger partial charge in [0.05, 0.1) is 5.69 Å². The van der Waals surface area contributed by atoms with Crippen LogP contribution in [0.4, 0.5) is 21.9 Å². The first-order chi connectivity index (χ1) is 16.1. The summed E-state index contributed by atoms with van der Waals surface area (Å²) < 4.78 is 5.41. The minimum atomic E-state index is -0.715. The van der Waals surface area contributed by atoms with Crippen LogP contribution in [0.1, 0.15) is 5.56 Å². The Morgan fingerprint density at radius 1 is 1.03 bits per heavy atom. The molecule has 0 bridgehead atoms. The number of piperazine rings is 1. The zero-order valence-corrected chi connectivity index (χ0v) is 18.7. The van der Waals surface area contributed by atoms with Crippen LogP contribution in [0.15, 0.2) is 71.7 Å². The van der Waals surface area contributed by atoms with E-state index in [1.165, 1.54) is 11.8 Å². The minimum absolute atomic E-state index is 0.0571. The molecule has 2 heterocycles. The number of carbonyl (C=O) groups excluding carboxylic acids is 1. The lowest BCUT2D eigenvalue weighted by Gasteiger charge is -2.34. The monoisotopic (exact) mass is 447 g/mol. The van der Waals surface area contributed by atoms with Gasteiger partial charge >= 0.3 is 6.09 Å². The van der Waals surface area contributed by atoms with Gasteiger partial charge in [-0.3, -0.25) is 10.1 Å². The molecular formula is C25H29N5O3. The molecule has 1 saturated heterocycles. The predicted molar refractivity (Wildman–Crippen MR) is 131 cm³/mol. The van der Waals surface area contributed by atoms with Gasteiger partial charge in [-0.25, -0.2) is 4.79 Å². The van der Waals surface area contributed by atoms with E-state index in [-0.39, 0.29) is 5.75 Å². The van der Waals surface area contributed by atoms with Gasteiger partial charge in [-0.1, -0.05) is 36.4 Å². The first kappa shape index (κ1) is 22.4. The summed E-state index contributed by atoms with van der Waals surface area (Å²) in [5.41, 5.74) is 2.83. The van der Waals surface area contributed by atoms with Crippen molar-refractivity contribution in [3.05, 3.63) is 82.8 Å². The predicted octanol–water partition coefficient (Wildman–Crippen LogP) is 3.39. The summed E-state index contributed by atoms with van der Waals surface area (Å²) in [6.45, 7) is 4.45. The molecule has 33 heavy (non-hydrogen) atoms. The van der Waals surface area contributed by atoms with E-state index >= 15 is 0 Å². The van der Waals surface area contributed by atoms with Gasteiger partial charge < -0.3 is 24.8 Å². The number of pyridine rings is 1. The normalized spacial score (nSPS) is 14.0. The van der Waals surface area contributed by atoms with Crippen LogP contribution in [0.2, 0.25) is 0 Å². The topological polar surface area (TPSA) is 89.7 Å². The average Bonchev–Trinajstić information content (AvgIpc) is 2.82. The highest BCUT2D eigenvalue weighted by Crippen LogP contribution is 2.22. The number of hydrogen-bond donors (Lipinski definition) is 3. The fraction of sp³-hybridized carbons (Fsp3) is 0.280. The molecule has 0 unspecified atom stereocenters. The summed E-state index contributed by atoms with van der Waals surface area (Å²) in [5.74, 6) is -0.0571. The van der Waals surface area contributed by atoms with E-state index in [0.29, 0.717) is 17.9 Å². The van der Waals surface area contributed by atoms with E-state index in [4.69, 9.17) is 4.74 Å². The summed E-state index contributed by atoms with van der Waals surface area (Å²) in [4.78, 5) is 32.1. The zero-order chi connectivity index (χ0) is 23.0. The molecule has 0 saturated carbocycles. The Hall–Kier alpha value is -3.78. The molecule has 172 valence electrons. The molecule has 8 heteroatoms. The number of benzene rings is 2. The molecule has 0 aliphatic carbocycles. The lowest BCUT2D eigenvalue weighted by atomic mass is 10.1. The third-order valence-corrected chi connectivity index (χ3v) is 5.64. The number of hydrogen-bond acceptors (Lipinski definition) is 6. The van der Waals surface area contributed by atoms with Crippen LogP contribution in [0, 0.1) is 0 Å². The van der Waals surface area contributed by atoms with Crippen molar-refractivity contribution in [3.63, 3.8) is 0 Å². The van der Waals surface area contributed by atoms with Crippen LogP contribution in [0.3, 0.4) is 0 Å². The highest BCUT2D eigenvalue weighted by molar-refractivity contribution is 5.87. The fourth-order valence-corrected chi connectivity index (χ4v) is 3.77. The number of nitrogens with zero attached hydrogens (tertiary/aromatic N) is 2. The van der Waals surface area contributed by atoms with Gasteiger partial charge in [0.2, 0.25) is 5.75 Å². The Balaban J connectivity index is 1.38. The lowest BCUT2D eigenvalue weighted by molar-refractivity contribution is 0.214. The molecule has 0 radical (unpaired) electrons.